The number of hydrazine groups is 1. The molecule has 1 N–H and O–H groups in total. The van der Waals surface area contributed by atoms with Crippen LogP contribution in [0.1, 0.15) is 13.3 Å². The van der Waals surface area contributed by atoms with Crippen LogP contribution in [0.15, 0.2) is 52.3 Å². The van der Waals surface area contributed by atoms with Crippen molar-refractivity contribution in [2.24, 2.45) is 10.3 Å². The van der Waals surface area contributed by atoms with E-state index in [1.165, 1.54) is 11.9 Å². The van der Waals surface area contributed by atoms with Gasteiger partial charge in [-0.15, -0.1) is 9.64 Å². The summed E-state index contributed by atoms with van der Waals surface area (Å²) in [5.41, 5.74) is 3.12. The topological polar surface area (TPSA) is 49.2 Å². The minimum absolute atomic E-state index is 0.129. The Morgan fingerprint density at radius 1 is 1.41 bits per heavy atom. The Labute approximate surface area is 105 Å². The third kappa shape index (κ3) is 3.76. The van der Waals surface area contributed by atoms with E-state index in [9.17, 15) is 0 Å². The van der Waals surface area contributed by atoms with Crippen LogP contribution in [0.2, 0.25) is 0 Å². The molecule has 0 saturated carbocycles. The molecule has 0 radical (unpaired) electrons. The van der Waals surface area contributed by atoms with Crippen molar-refractivity contribution in [1.82, 2.24) is 9.95 Å². The van der Waals surface area contributed by atoms with Crippen molar-refractivity contribution in [2.45, 2.75) is 19.6 Å². The first-order valence-corrected chi connectivity index (χ1v) is 6.22. The zero-order valence-electron chi connectivity index (χ0n) is 9.48. The molecule has 1 atom stereocenters. The summed E-state index contributed by atoms with van der Waals surface area (Å²) in [7, 11) is 0. The molecule has 1 unspecified atom stereocenters. The van der Waals surface area contributed by atoms with Crippen LogP contribution >= 0.6 is 11.9 Å². The molecule has 0 fully saturated rings. The Hall–Kier alpha value is -1.53. The standard InChI is InChI=1S/C11H14N4OS/c1-2-11(13-15-14-12-8-9-17-15)16-10-6-4-3-5-7-10/h3-9,11,13H,2H2,1H3. The van der Waals surface area contributed by atoms with Crippen LogP contribution in [0.3, 0.4) is 0 Å². The van der Waals surface area contributed by atoms with E-state index < -0.39 is 0 Å². The van der Waals surface area contributed by atoms with Crippen molar-refractivity contribution >= 4 is 11.9 Å². The second kappa shape index (κ2) is 6.27. The third-order valence-electron chi connectivity index (χ3n) is 2.07. The van der Waals surface area contributed by atoms with Gasteiger partial charge in [0.05, 0.1) is 6.20 Å². The molecule has 90 valence electrons. The summed E-state index contributed by atoms with van der Waals surface area (Å²) in [6, 6.07) is 9.70. The number of para-hydroxylation sites is 1. The van der Waals surface area contributed by atoms with Crippen molar-refractivity contribution in [3.63, 3.8) is 0 Å². The van der Waals surface area contributed by atoms with Gasteiger partial charge in [-0.1, -0.05) is 25.1 Å². The summed E-state index contributed by atoms with van der Waals surface area (Å²) in [6.45, 7) is 2.04. The minimum atomic E-state index is -0.129. The summed E-state index contributed by atoms with van der Waals surface area (Å²) < 4.78 is 7.35. The van der Waals surface area contributed by atoms with Crippen molar-refractivity contribution in [3.05, 3.63) is 41.9 Å². The van der Waals surface area contributed by atoms with Gasteiger partial charge in [0, 0.05) is 17.4 Å². The van der Waals surface area contributed by atoms with E-state index in [0.29, 0.717) is 0 Å². The van der Waals surface area contributed by atoms with Crippen LogP contribution < -0.4 is 10.2 Å². The van der Waals surface area contributed by atoms with Crippen molar-refractivity contribution in [1.29, 1.82) is 0 Å². The summed E-state index contributed by atoms with van der Waals surface area (Å²) in [6.07, 6.45) is 2.34. The summed E-state index contributed by atoms with van der Waals surface area (Å²) in [5, 5.41) is 9.53. The van der Waals surface area contributed by atoms with Crippen LogP contribution in [0.25, 0.3) is 0 Å². The third-order valence-corrected chi connectivity index (χ3v) is 2.69. The highest BCUT2D eigenvalue weighted by Gasteiger charge is 2.12. The Bertz CT molecular complexity index is 396. The molecule has 0 amide bonds. The molecule has 17 heavy (non-hydrogen) atoms. The largest absolute Gasteiger partial charge is 0.474 e. The lowest BCUT2D eigenvalue weighted by molar-refractivity contribution is 0.100. The van der Waals surface area contributed by atoms with Gasteiger partial charge in [-0.3, -0.25) is 0 Å². The summed E-state index contributed by atoms with van der Waals surface area (Å²) >= 11 is 1.42. The molecule has 0 saturated heterocycles. The van der Waals surface area contributed by atoms with E-state index in [2.05, 4.69) is 15.8 Å². The van der Waals surface area contributed by atoms with Gasteiger partial charge in [0.25, 0.3) is 0 Å². The molecular formula is C11H14N4OS. The molecule has 1 aromatic rings. The zero-order chi connectivity index (χ0) is 11.9. The van der Waals surface area contributed by atoms with Gasteiger partial charge >= 0.3 is 0 Å². The van der Waals surface area contributed by atoms with Gasteiger partial charge in [0.1, 0.15) is 5.75 Å². The van der Waals surface area contributed by atoms with E-state index in [1.54, 1.807) is 10.7 Å². The Morgan fingerprint density at radius 2 is 2.24 bits per heavy atom. The lowest BCUT2D eigenvalue weighted by Crippen LogP contribution is -2.41. The minimum Gasteiger partial charge on any atom is -0.474 e. The maximum Gasteiger partial charge on any atom is 0.168 e. The second-order valence-electron chi connectivity index (χ2n) is 3.33. The van der Waals surface area contributed by atoms with Gasteiger partial charge < -0.3 is 4.74 Å². The normalized spacial score (nSPS) is 15.9. The number of rotatable bonds is 5. The average Bonchev–Trinajstić information content (AvgIpc) is 2.40. The van der Waals surface area contributed by atoms with Crippen molar-refractivity contribution in [2.75, 3.05) is 0 Å². The van der Waals surface area contributed by atoms with E-state index in [1.807, 2.05) is 42.7 Å². The fourth-order valence-corrected chi connectivity index (χ4v) is 1.74. The first kappa shape index (κ1) is 11.9. The highest BCUT2D eigenvalue weighted by molar-refractivity contribution is 7.99. The molecule has 1 aliphatic rings. The van der Waals surface area contributed by atoms with Crippen LogP contribution in [0.5, 0.6) is 5.75 Å². The van der Waals surface area contributed by atoms with E-state index >= 15 is 0 Å². The van der Waals surface area contributed by atoms with Gasteiger partial charge in [0.15, 0.2) is 6.23 Å². The first-order valence-electron chi connectivity index (χ1n) is 5.39. The highest BCUT2D eigenvalue weighted by atomic mass is 32.2. The zero-order valence-corrected chi connectivity index (χ0v) is 10.3. The molecular weight excluding hydrogens is 236 g/mol. The van der Waals surface area contributed by atoms with Crippen LogP contribution in [-0.4, -0.2) is 10.8 Å². The molecule has 1 aliphatic heterocycles. The predicted molar refractivity (Wildman–Crippen MR) is 67.7 cm³/mol. The van der Waals surface area contributed by atoms with E-state index in [-0.39, 0.29) is 6.23 Å². The molecule has 1 aromatic carbocycles. The summed E-state index contributed by atoms with van der Waals surface area (Å²) in [5.74, 6) is 0.835. The van der Waals surface area contributed by atoms with Gasteiger partial charge in [0.2, 0.25) is 0 Å². The number of benzene rings is 1. The van der Waals surface area contributed by atoms with Crippen molar-refractivity contribution < 1.29 is 4.74 Å². The van der Waals surface area contributed by atoms with Crippen LogP contribution in [-0.2, 0) is 0 Å². The monoisotopic (exact) mass is 250 g/mol. The molecule has 6 heteroatoms. The lowest BCUT2D eigenvalue weighted by atomic mass is 10.3. The number of hydrogen-bond donors (Lipinski definition) is 1. The predicted octanol–water partition coefficient (Wildman–Crippen LogP) is 3.11. The van der Waals surface area contributed by atoms with E-state index in [4.69, 9.17) is 4.74 Å². The number of ether oxygens (including phenoxy) is 1. The SMILES string of the molecule is CCC(NN1N=NC=CS1)Oc1ccccc1. The molecule has 0 aromatic heterocycles. The average molecular weight is 250 g/mol. The number of nitrogens with one attached hydrogen (secondary N) is 1. The van der Waals surface area contributed by atoms with Crippen molar-refractivity contribution in [3.8, 4) is 5.75 Å². The molecule has 2 rings (SSSR count). The quantitative estimate of drug-likeness (QED) is 0.644. The lowest BCUT2D eigenvalue weighted by Gasteiger charge is -2.24. The molecule has 0 aliphatic carbocycles. The second-order valence-corrected chi connectivity index (χ2v) is 4.15. The fourth-order valence-electron chi connectivity index (χ4n) is 1.25. The molecule has 5 nitrogen and oxygen atoms in total. The summed E-state index contributed by atoms with van der Waals surface area (Å²) in [4.78, 5) is 0. The maximum absolute atomic E-state index is 5.77. The molecule has 1 heterocycles. The number of nitrogens with zero attached hydrogens (tertiary/aromatic N) is 3. The Kier molecular flexibility index (Phi) is 4.40. The first-order chi connectivity index (χ1) is 8.38. The van der Waals surface area contributed by atoms with Crippen LogP contribution in [0, 0.1) is 0 Å². The molecule has 0 spiro atoms. The fraction of sp³-hybridized carbons (Fsp3) is 0.273. The van der Waals surface area contributed by atoms with Gasteiger partial charge in [-0.05, 0) is 23.8 Å². The smallest absolute Gasteiger partial charge is 0.168 e. The Balaban J connectivity index is 1.88. The van der Waals surface area contributed by atoms with Gasteiger partial charge in [-0.25, -0.2) is 0 Å². The van der Waals surface area contributed by atoms with Crippen LogP contribution in [0.4, 0.5) is 0 Å². The molecule has 0 bridgehead atoms. The maximum atomic E-state index is 5.77. The highest BCUT2D eigenvalue weighted by Crippen LogP contribution is 2.16. The van der Waals surface area contributed by atoms with Gasteiger partial charge in [-0.2, -0.15) is 5.43 Å². The Morgan fingerprint density at radius 3 is 2.88 bits per heavy atom. The number of hydrogen-bond acceptors (Lipinski definition) is 6. The van der Waals surface area contributed by atoms with E-state index in [0.717, 1.165) is 12.2 Å².